The van der Waals surface area contributed by atoms with Gasteiger partial charge in [0.1, 0.15) is 6.04 Å². The second kappa shape index (κ2) is 8.10. The fourth-order valence-corrected chi connectivity index (χ4v) is 1.10. The number of carbonyl (C=O) groups excluding carboxylic acids is 1. The van der Waals surface area contributed by atoms with E-state index in [1.165, 1.54) is 0 Å². The molecule has 16 heavy (non-hydrogen) atoms. The number of esters is 1. The zero-order valence-electron chi connectivity index (χ0n) is 9.94. The Morgan fingerprint density at radius 1 is 1.25 bits per heavy atom. The normalized spacial score (nSPS) is 12.5. The number of carboxylic acids is 1. The fraction of sp³-hybridized carbons (Fsp3) is 0.818. The number of carboxylic acid groups (broad SMARTS) is 1. The van der Waals surface area contributed by atoms with Crippen LogP contribution in [-0.4, -0.2) is 29.7 Å². The van der Waals surface area contributed by atoms with Crippen LogP contribution < -0.4 is 5.73 Å². The molecule has 0 amide bonds. The maximum absolute atomic E-state index is 11.3. The summed E-state index contributed by atoms with van der Waals surface area (Å²) in [5.41, 5.74) is 5.59. The van der Waals surface area contributed by atoms with E-state index in [9.17, 15) is 9.59 Å². The Morgan fingerprint density at radius 2 is 1.88 bits per heavy atom. The van der Waals surface area contributed by atoms with Gasteiger partial charge in [0.15, 0.2) is 0 Å². The predicted molar refractivity (Wildman–Crippen MR) is 59.9 cm³/mol. The molecule has 0 heterocycles. The van der Waals surface area contributed by atoms with E-state index in [0.717, 1.165) is 6.42 Å². The lowest BCUT2D eigenvalue weighted by atomic mass is 10.1. The van der Waals surface area contributed by atoms with Gasteiger partial charge >= 0.3 is 11.9 Å². The molecule has 0 aliphatic rings. The molecule has 0 aromatic carbocycles. The van der Waals surface area contributed by atoms with Crippen LogP contribution in [0.1, 0.15) is 39.5 Å². The smallest absolute Gasteiger partial charge is 0.323 e. The first kappa shape index (κ1) is 14.9. The van der Waals surface area contributed by atoms with Gasteiger partial charge in [-0.1, -0.05) is 13.8 Å². The van der Waals surface area contributed by atoms with E-state index in [0.29, 0.717) is 19.4 Å². The van der Waals surface area contributed by atoms with E-state index in [2.05, 4.69) is 0 Å². The van der Waals surface area contributed by atoms with Gasteiger partial charge in [-0.2, -0.15) is 0 Å². The minimum Gasteiger partial charge on any atom is -0.481 e. The number of aliphatic carboxylic acids is 1. The van der Waals surface area contributed by atoms with E-state index < -0.39 is 12.0 Å². The Bertz CT molecular complexity index is 228. The highest BCUT2D eigenvalue weighted by Crippen LogP contribution is 2.03. The summed E-state index contributed by atoms with van der Waals surface area (Å²) >= 11 is 0. The molecule has 0 aliphatic heterocycles. The summed E-state index contributed by atoms with van der Waals surface area (Å²) < 4.78 is 4.96. The molecule has 0 aromatic heterocycles. The largest absolute Gasteiger partial charge is 0.481 e. The molecule has 3 N–H and O–H groups in total. The molecular weight excluding hydrogens is 210 g/mol. The zero-order chi connectivity index (χ0) is 12.6. The van der Waals surface area contributed by atoms with Gasteiger partial charge < -0.3 is 15.6 Å². The monoisotopic (exact) mass is 231 g/mol. The van der Waals surface area contributed by atoms with Gasteiger partial charge in [0.05, 0.1) is 6.61 Å². The third kappa shape index (κ3) is 7.23. The molecule has 1 atom stereocenters. The van der Waals surface area contributed by atoms with Gasteiger partial charge in [-0.3, -0.25) is 9.59 Å². The van der Waals surface area contributed by atoms with Crippen molar-refractivity contribution in [1.82, 2.24) is 0 Å². The lowest BCUT2D eigenvalue weighted by Crippen LogP contribution is -2.37. The van der Waals surface area contributed by atoms with Gasteiger partial charge in [-0.25, -0.2) is 0 Å². The van der Waals surface area contributed by atoms with Gasteiger partial charge in [-0.15, -0.1) is 0 Å². The first-order valence-corrected chi connectivity index (χ1v) is 5.59. The maximum Gasteiger partial charge on any atom is 0.323 e. The quantitative estimate of drug-likeness (QED) is 0.483. The third-order valence-corrected chi connectivity index (χ3v) is 2.27. The predicted octanol–water partition coefficient (Wildman–Crippen LogP) is 1.16. The van der Waals surface area contributed by atoms with Crippen molar-refractivity contribution in [3.05, 3.63) is 0 Å². The summed E-state index contributed by atoms with van der Waals surface area (Å²) in [5.74, 6) is -1.11. The molecule has 0 radical (unpaired) electrons. The second-order valence-corrected chi connectivity index (χ2v) is 4.14. The van der Waals surface area contributed by atoms with Crippen LogP contribution in [0.4, 0.5) is 0 Å². The molecule has 0 bridgehead atoms. The van der Waals surface area contributed by atoms with Crippen LogP contribution in [0, 0.1) is 5.92 Å². The summed E-state index contributed by atoms with van der Waals surface area (Å²) in [7, 11) is 0. The Labute approximate surface area is 96.0 Å². The van der Waals surface area contributed by atoms with Crippen LogP contribution in [0.15, 0.2) is 0 Å². The van der Waals surface area contributed by atoms with Crippen LogP contribution in [0.2, 0.25) is 0 Å². The lowest BCUT2D eigenvalue weighted by molar-refractivity contribution is -0.146. The maximum atomic E-state index is 11.3. The van der Waals surface area contributed by atoms with Crippen molar-refractivity contribution in [3.8, 4) is 0 Å². The SMILES string of the molecule is CC(C)C(N)C(=O)OCCCCCC(=O)O. The highest BCUT2D eigenvalue weighted by atomic mass is 16.5. The lowest BCUT2D eigenvalue weighted by Gasteiger charge is -2.14. The van der Waals surface area contributed by atoms with E-state index in [4.69, 9.17) is 15.6 Å². The molecular formula is C11H21NO4. The molecule has 5 heteroatoms. The van der Waals surface area contributed by atoms with Crippen LogP contribution in [0.3, 0.4) is 0 Å². The average molecular weight is 231 g/mol. The molecule has 1 unspecified atom stereocenters. The number of hydrogen-bond acceptors (Lipinski definition) is 4. The second-order valence-electron chi connectivity index (χ2n) is 4.14. The van der Waals surface area contributed by atoms with Gasteiger partial charge in [0, 0.05) is 6.42 Å². The van der Waals surface area contributed by atoms with Crippen molar-refractivity contribution in [1.29, 1.82) is 0 Å². The van der Waals surface area contributed by atoms with Crippen LogP contribution in [-0.2, 0) is 14.3 Å². The highest BCUT2D eigenvalue weighted by molar-refractivity contribution is 5.75. The third-order valence-electron chi connectivity index (χ3n) is 2.27. The van der Waals surface area contributed by atoms with Gasteiger partial charge in [-0.05, 0) is 25.2 Å². The number of rotatable bonds is 8. The van der Waals surface area contributed by atoms with Crippen molar-refractivity contribution in [2.45, 2.75) is 45.6 Å². The first-order valence-electron chi connectivity index (χ1n) is 5.59. The fourth-order valence-electron chi connectivity index (χ4n) is 1.10. The van der Waals surface area contributed by atoms with E-state index in [-0.39, 0.29) is 18.3 Å². The first-order chi connectivity index (χ1) is 7.45. The summed E-state index contributed by atoms with van der Waals surface area (Å²) in [5, 5.41) is 8.39. The summed E-state index contributed by atoms with van der Waals surface area (Å²) in [6.07, 6.45) is 2.21. The molecule has 0 spiro atoms. The van der Waals surface area contributed by atoms with Crippen molar-refractivity contribution in [2.24, 2.45) is 11.7 Å². The molecule has 0 rings (SSSR count). The number of unbranched alkanes of at least 4 members (excludes halogenated alkanes) is 2. The molecule has 0 fully saturated rings. The number of nitrogens with two attached hydrogens (primary N) is 1. The minimum atomic E-state index is -0.793. The van der Waals surface area contributed by atoms with E-state index in [1.54, 1.807) is 0 Å². The standard InChI is InChI=1S/C11H21NO4/c1-8(2)10(12)11(15)16-7-5-3-4-6-9(13)14/h8,10H,3-7,12H2,1-2H3,(H,13,14). The molecule has 94 valence electrons. The molecule has 0 aliphatic carbocycles. The van der Waals surface area contributed by atoms with Crippen LogP contribution >= 0.6 is 0 Å². The Kier molecular flexibility index (Phi) is 7.54. The average Bonchev–Trinajstić information content (AvgIpc) is 2.21. The van der Waals surface area contributed by atoms with Crippen molar-refractivity contribution < 1.29 is 19.4 Å². The molecule has 0 saturated carbocycles. The van der Waals surface area contributed by atoms with Crippen LogP contribution in [0.25, 0.3) is 0 Å². The Morgan fingerprint density at radius 3 is 2.38 bits per heavy atom. The zero-order valence-corrected chi connectivity index (χ0v) is 9.94. The van der Waals surface area contributed by atoms with Gasteiger partial charge in [0.2, 0.25) is 0 Å². The molecule has 5 nitrogen and oxygen atoms in total. The summed E-state index contributed by atoms with van der Waals surface area (Å²) in [6, 6.07) is -0.570. The topological polar surface area (TPSA) is 89.6 Å². The van der Waals surface area contributed by atoms with E-state index in [1.807, 2.05) is 13.8 Å². The highest BCUT2D eigenvalue weighted by Gasteiger charge is 2.18. The van der Waals surface area contributed by atoms with Crippen molar-refractivity contribution >= 4 is 11.9 Å². The summed E-state index contributed by atoms with van der Waals surface area (Å²) in [4.78, 5) is 21.5. The molecule has 0 saturated heterocycles. The van der Waals surface area contributed by atoms with E-state index >= 15 is 0 Å². The Hall–Kier alpha value is -1.10. The summed E-state index contributed by atoms with van der Waals surface area (Å²) in [6.45, 7) is 4.04. The van der Waals surface area contributed by atoms with Gasteiger partial charge in [0.25, 0.3) is 0 Å². The van der Waals surface area contributed by atoms with Crippen molar-refractivity contribution in [2.75, 3.05) is 6.61 Å². The number of hydrogen-bond donors (Lipinski definition) is 2. The van der Waals surface area contributed by atoms with Crippen molar-refractivity contribution in [3.63, 3.8) is 0 Å². The molecule has 0 aromatic rings. The minimum absolute atomic E-state index is 0.0690. The number of ether oxygens (including phenoxy) is 1. The number of carbonyl (C=O) groups is 2. The Balaban J connectivity index is 3.45. The van der Waals surface area contributed by atoms with Crippen LogP contribution in [0.5, 0.6) is 0 Å².